The number of hydrogen-bond donors (Lipinski definition) is 0. The van der Waals surface area contributed by atoms with Gasteiger partial charge in [0, 0.05) is 77.3 Å². The normalized spacial score (nSPS) is 15.2. The van der Waals surface area contributed by atoms with Crippen LogP contribution in [-0.4, -0.2) is 13.7 Å². The number of fused-ring (bicyclic) bond motifs is 15. The zero-order valence-corrected chi connectivity index (χ0v) is 53.6. The fourth-order valence-electron chi connectivity index (χ4n) is 17.0. The third-order valence-corrected chi connectivity index (χ3v) is 21.8. The van der Waals surface area contributed by atoms with Gasteiger partial charge >= 0.3 is 0 Å². The maximum atomic E-state index is 2.55. The van der Waals surface area contributed by atoms with Crippen molar-refractivity contribution in [2.45, 2.75) is 77.0 Å². The van der Waals surface area contributed by atoms with Crippen molar-refractivity contribution >= 4 is 93.9 Å². The molecule has 0 fully saturated rings. The van der Waals surface area contributed by atoms with Crippen LogP contribution in [0.25, 0.3) is 138 Å². The zero-order chi connectivity index (χ0) is 62.6. The zero-order valence-electron chi connectivity index (χ0n) is 53.6. The van der Waals surface area contributed by atoms with Gasteiger partial charge in [-0.25, -0.2) is 0 Å². The largest absolute Gasteiger partial charge is 0.313 e. The molecule has 3 aromatic heterocycles. The molecule has 450 valence electrons. The summed E-state index contributed by atoms with van der Waals surface area (Å²) in [4.78, 5) is 2.52. The molecule has 0 N–H and O–H groups in total. The highest BCUT2D eigenvalue weighted by atomic mass is 15.1. The molecule has 0 atom stereocenters. The van der Waals surface area contributed by atoms with Crippen molar-refractivity contribution in [3.8, 4) is 61.3 Å². The summed E-state index contributed by atoms with van der Waals surface area (Å²) < 4.78 is 7.40. The number of hydrogen-bond acceptors (Lipinski definition) is 1. The molecule has 0 aliphatic heterocycles. The maximum Gasteiger partial charge on any atom is 0.0543 e. The summed E-state index contributed by atoms with van der Waals surface area (Å²) in [5, 5.41) is 7.72. The maximum absolute atomic E-state index is 2.55. The molecule has 0 saturated heterocycles. The van der Waals surface area contributed by atoms with E-state index in [2.05, 4.69) is 325 Å². The lowest BCUT2D eigenvalue weighted by Crippen LogP contribution is -2.18. The fraction of sp³-hybridized carbons (Fsp3) is 0.133. The van der Waals surface area contributed by atoms with Crippen molar-refractivity contribution in [1.82, 2.24) is 13.7 Å². The van der Waals surface area contributed by atoms with Gasteiger partial charge in [0.1, 0.15) is 0 Å². The smallest absolute Gasteiger partial charge is 0.0543 e. The van der Waals surface area contributed by atoms with Gasteiger partial charge in [0.25, 0.3) is 0 Å². The minimum atomic E-state index is -0.278. The Labute approximate surface area is 548 Å². The van der Waals surface area contributed by atoms with Crippen molar-refractivity contribution in [2.75, 3.05) is 4.90 Å². The Morgan fingerprint density at radius 1 is 0.309 bits per heavy atom. The molecule has 0 spiro atoms. The Kier molecular flexibility index (Phi) is 12.1. The van der Waals surface area contributed by atoms with E-state index in [-0.39, 0.29) is 10.8 Å². The molecule has 0 saturated carbocycles. The average molecular weight is 1210 g/mol. The van der Waals surface area contributed by atoms with Crippen molar-refractivity contribution in [3.05, 3.63) is 301 Å². The molecule has 15 aromatic rings. The van der Waals surface area contributed by atoms with Crippen LogP contribution in [0.1, 0.15) is 88.5 Å². The summed E-state index contributed by atoms with van der Waals surface area (Å²) in [6, 6.07) is 97.0. The molecular formula is C90H70N4. The summed E-state index contributed by atoms with van der Waals surface area (Å²) in [6.45, 7) is 9.71. The number of allylic oxidation sites excluding steroid dienone is 6. The third kappa shape index (κ3) is 8.24. The topological polar surface area (TPSA) is 18.0 Å². The average Bonchev–Trinajstić information content (AvgIpc) is 1.59. The Hall–Kier alpha value is -10.9. The van der Waals surface area contributed by atoms with E-state index in [1.165, 1.54) is 173 Å². The predicted molar refractivity (Wildman–Crippen MR) is 398 cm³/mol. The van der Waals surface area contributed by atoms with Gasteiger partial charge in [-0.15, -0.1) is 0 Å². The van der Waals surface area contributed by atoms with Gasteiger partial charge < -0.3 is 18.6 Å². The molecule has 19 rings (SSSR count). The van der Waals surface area contributed by atoms with Crippen LogP contribution in [0, 0.1) is 0 Å². The first kappa shape index (κ1) is 54.8. The molecular weight excluding hydrogens is 1140 g/mol. The van der Waals surface area contributed by atoms with Crippen LogP contribution in [0.2, 0.25) is 0 Å². The number of benzene rings is 12. The van der Waals surface area contributed by atoms with E-state index in [0.717, 1.165) is 42.7 Å². The van der Waals surface area contributed by atoms with E-state index in [4.69, 9.17) is 0 Å². The molecule has 0 bridgehead atoms. The van der Waals surface area contributed by atoms with Crippen LogP contribution in [0.15, 0.2) is 279 Å². The van der Waals surface area contributed by atoms with E-state index in [1.807, 2.05) is 0 Å². The summed E-state index contributed by atoms with van der Waals surface area (Å²) in [7, 11) is 0. The van der Waals surface area contributed by atoms with E-state index in [1.54, 1.807) is 0 Å². The summed E-state index contributed by atoms with van der Waals surface area (Å²) in [5.41, 5.74) is 32.2. The van der Waals surface area contributed by atoms with E-state index in [9.17, 15) is 0 Å². The predicted octanol–water partition coefficient (Wildman–Crippen LogP) is 24.7. The molecule has 0 unspecified atom stereocenters. The van der Waals surface area contributed by atoms with Gasteiger partial charge in [-0.3, -0.25) is 0 Å². The quantitative estimate of drug-likeness (QED) is 0.141. The first-order chi connectivity index (χ1) is 46.1. The van der Waals surface area contributed by atoms with Gasteiger partial charge in [0.2, 0.25) is 0 Å². The van der Waals surface area contributed by atoms with Crippen molar-refractivity contribution in [3.63, 3.8) is 0 Å². The van der Waals surface area contributed by atoms with Crippen molar-refractivity contribution in [2.24, 2.45) is 0 Å². The van der Waals surface area contributed by atoms with Crippen molar-refractivity contribution < 1.29 is 0 Å². The van der Waals surface area contributed by atoms with E-state index in [0.29, 0.717) is 0 Å². The lowest BCUT2D eigenvalue weighted by atomic mass is 9.81. The first-order valence-electron chi connectivity index (χ1n) is 33.8. The van der Waals surface area contributed by atoms with Gasteiger partial charge in [0.05, 0.1) is 33.1 Å². The van der Waals surface area contributed by atoms with Gasteiger partial charge in [0.15, 0.2) is 0 Å². The first-order valence-corrected chi connectivity index (χ1v) is 33.8. The van der Waals surface area contributed by atoms with Gasteiger partial charge in [-0.1, -0.05) is 192 Å². The number of anilines is 3. The van der Waals surface area contributed by atoms with Crippen LogP contribution >= 0.6 is 0 Å². The molecule has 4 aliphatic rings. The molecule has 94 heavy (non-hydrogen) atoms. The van der Waals surface area contributed by atoms with Crippen molar-refractivity contribution in [1.29, 1.82) is 0 Å². The molecule has 0 amide bonds. The highest BCUT2D eigenvalue weighted by Crippen LogP contribution is 2.55. The van der Waals surface area contributed by atoms with Crippen LogP contribution in [0.5, 0.6) is 0 Å². The number of aromatic nitrogens is 3. The highest BCUT2D eigenvalue weighted by molar-refractivity contribution is 6.14. The monoisotopic (exact) mass is 1210 g/mol. The summed E-state index contributed by atoms with van der Waals surface area (Å²) in [5.74, 6) is 0. The highest BCUT2D eigenvalue weighted by Gasteiger charge is 2.39. The second kappa shape index (κ2) is 20.8. The van der Waals surface area contributed by atoms with Crippen LogP contribution < -0.4 is 4.90 Å². The molecule has 4 heteroatoms. The molecule has 0 radical (unpaired) electrons. The Balaban J connectivity index is 0.708. The van der Waals surface area contributed by atoms with Gasteiger partial charge in [-0.2, -0.15) is 0 Å². The Morgan fingerprint density at radius 3 is 1.33 bits per heavy atom. The minimum absolute atomic E-state index is 0.274. The molecule has 3 heterocycles. The lowest BCUT2D eigenvalue weighted by Gasteiger charge is -2.30. The van der Waals surface area contributed by atoms with Gasteiger partial charge in [-0.05, 0) is 232 Å². The number of rotatable bonds is 9. The van der Waals surface area contributed by atoms with Crippen LogP contribution in [0.4, 0.5) is 17.1 Å². The Morgan fingerprint density at radius 2 is 0.755 bits per heavy atom. The SMILES string of the molecule is CC1(C)c2cc(-c3ccc4c(c3)c3ccccc3n4C3=CCCC=C3)ccc2-c2ccc(N(c3ccc(-c4ccc5c6ccccc6n(C6=CCCCC6)c5c4)cc3)c3ccc4c(c3)C(C)(C)c3cc(-c5ccc6c(c5)c5ccccc5n6-c5ccccc5)ccc3-4)cc21. The number of nitrogens with zero attached hydrogens (tertiary/aromatic N) is 4. The third-order valence-electron chi connectivity index (χ3n) is 21.8. The molecule has 4 nitrogen and oxygen atoms in total. The summed E-state index contributed by atoms with van der Waals surface area (Å²) >= 11 is 0. The van der Waals surface area contributed by atoms with Crippen LogP contribution in [-0.2, 0) is 10.8 Å². The Bertz CT molecular complexity index is 5790. The number of para-hydroxylation sites is 4. The second-order valence-electron chi connectivity index (χ2n) is 27.8. The summed E-state index contributed by atoms with van der Waals surface area (Å²) in [6.07, 6.45) is 16.3. The van der Waals surface area contributed by atoms with E-state index < -0.39 is 0 Å². The van der Waals surface area contributed by atoms with Crippen LogP contribution in [0.3, 0.4) is 0 Å². The lowest BCUT2D eigenvalue weighted by molar-refractivity contribution is 0.660. The van der Waals surface area contributed by atoms with E-state index >= 15 is 0 Å². The standard InChI is InChI=1S/C90H70N4/c1-89(2)79-52-60(58-37-48-86-77(50-58)74-27-15-18-30-84(74)92(86)63-20-8-5-9-21-63)34-43-69(79)71-46-41-67(55-81(71)89)91(66-39-32-57(33-40-66)62-36-45-76-73-26-14-17-29-83(73)94(88(76)54-62)65-24-12-7-13-25-65)68-42-47-72-70-44-35-61(53-80(70)90(3,4)82(72)56-68)59-38-49-87-78(51-59)75-28-16-19-31-85(75)93(87)64-22-10-6-11-23-64/h5,8-10,14-24,26-56H,6-7,11-13,25H2,1-4H3. The molecule has 12 aromatic carbocycles. The second-order valence-corrected chi connectivity index (χ2v) is 27.8. The fourth-order valence-corrected chi connectivity index (χ4v) is 17.0. The molecule has 4 aliphatic carbocycles. The minimum Gasteiger partial charge on any atom is -0.313 e.